The van der Waals surface area contributed by atoms with Gasteiger partial charge in [-0.3, -0.25) is 0 Å². The lowest BCUT2D eigenvalue weighted by atomic mass is 10.1. The van der Waals surface area contributed by atoms with Crippen molar-refractivity contribution in [2.45, 2.75) is 71.1 Å². The topological polar surface area (TPSA) is 26.3 Å². The molecule has 0 amide bonds. The Kier molecular flexibility index (Phi) is 11.1. The predicted molar refractivity (Wildman–Crippen MR) is 96.3 cm³/mol. The number of esters is 1. The number of hydrogen-bond donors (Lipinski definition) is 0. The summed E-state index contributed by atoms with van der Waals surface area (Å²) >= 11 is 3.37. The van der Waals surface area contributed by atoms with Crippen LogP contribution in [0.15, 0.2) is 28.7 Å². The number of unbranched alkanes of at least 4 members (excludes halogenated alkanes) is 9. The summed E-state index contributed by atoms with van der Waals surface area (Å²) in [4.78, 5) is 11.9. The van der Waals surface area contributed by atoms with Gasteiger partial charge in [0.1, 0.15) is 0 Å². The van der Waals surface area contributed by atoms with Gasteiger partial charge in [0.25, 0.3) is 0 Å². The maximum Gasteiger partial charge on any atom is 0.339 e. The first-order valence-electron chi connectivity index (χ1n) is 8.67. The summed E-state index contributed by atoms with van der Waals surface area (Å²) in [7, 11) is 0. The summed E-state index contributed by atoms with van der Waals surface area (Å²) in [5.41, 5.74) is 0.606. The van der Waals surface area contributed by atoms with Crippen molar-refractivity contribution in [1.82, 2.24) is 0 Å². The molecule has 0 radical (unpaired) electrons. The Hall–Kier alpha value is -0.830. The van der Waals surface area contributed by atoms with Crippen molar-refractivity contribution in [3.8, 4) is 0 Å². The van der Waals surface area contributed by atoms with E-state index in [-0.39, 0.29) is 5.97 Å². The highest BCUT2D eigenvalue weighted by atomic mass is 79.9. The van der Waals surface area contributed by atoms with Gasteiger partial charge in [-0.05, 0) is 34.5 Å². The van der Waals surface area contributed by atoms with Crippen LogP contribution in [0.5, 0.6) is 0 Å². The van der Waals surface area contributed by atoms with E-state index in [0.717, 1.165) is 17.3 Å². The van der Waals surface area contributed by atoms with Gasteiger partial charge in [0.15, 0.2) is 0 Å². The second kappa shape index (κ2) is 12.7. The lowest BCUT2D eigenvalue weighted by Crippen LogP contribution is -2.07. The molecule has 22 heavy (non-hydrogen) atoms. The molecule has 0 saturated carbocycles. The van der Waals surface area contributed by atoms with Crippen molar-refractivity contribution in [1.29, 1.82) is 0 Å². The highest BCUT2D eigenvalue weighted by Crippen LogP contribution is 2.17. The Labute approximate surface area is 143 Å². The molecule has 0 atom stereocenters. The van der Waals surface area contributed by atoms with Gasteiger partial charge in [0.05, 0.1) is 12.2 Å². The van der Waals surface area contributed by atoms with Crippen molar-refractivity contribution >= 4 is 21.9 Å². The summed E-state index contributed by atoms with van der Waals surface area (Å²) < 4.78 is 6.11. The van der Waals surface area contributed by atoms with Crippen molar-refractivity contribution in [3.05, 3.63) is 34.3 Å². The minimum absolute atomic E-state index is 0.233. The molecule has 2 nitrogen and oxygen atoms in total. The first-order valence-corrected chi connectivity index (χ1v) is 9.46. The van der Waals surface area contributed by atoms with Gasteiger partial charge in [0, 0.05) is 4.47 Å². The zero-order chi connectivity index (χ0) is 16.0. The average Bonchev–Trinajstić information content (AvgIpc) is 2.53. The monoisotopic (exact) mass is 368 g/mol. The quantitative estimate of drug-likeness (QED) is 0.309. The number of halogens is 1. The minimum atomic E-state index is -0.233. The Bertz CT molecular complexity index is 418. The van der Waals surface area contributed by atoms with E-state index in [9.17, 15) is 4.79 Å². The normalized spacial score (nSPS) is 10.6. The molecule has 0 aliphatic rings. The summed E-state index contributed by atoms with van der Waals surface area (Å²) in [6, 6.07) is 7.38. The molecule has 0 aromatic heterocycles. The van der Waals surface area contributed by atoms with Crippen LogP contribution in [-0.2, 0) is 4.74 Å². The van der Waals surface area contributed by atoms with Gasteiger partial charge in [-0.2, -0.15) is 0 Å². The Balaban J connectivity index is 1.95. The second-order valence-corrected chi connectivity index (χ2v) is 6.65. The van der Waals surface area contributed by atoms with E-state index in [1.807, 2.05) is 18.2 Å². The first-order chi connectivity index (χ1) is 10.8. The van der Waals surface area contributed by atoms with Crippen molar-refractivity contribution < 1.29 is 9.53 Å². The summed E-state index contributed by atoms with van der Waals surface area (Å²) in [5.74, 6) is -0.233. The van der Waals surface area contributed by atoms with Gasteiger partial charge >= 0.3 is 5.97 Å². The molecular formula is C19H29BrO2. The summed E-state index contributed by atoms with van der Waals surface area (Å²) in [6.07, 6.45) is 12.9. The number of ether oxygens (including phenoxy) is 1. The third kappa shape index (κ3) is 8.57. The zero-order valence-electron chi connectivity index (χ0n) is 13.8. The molecular weight excluding hydrogens is 340 g/mol. The van der Waals surface area contributed by atoms with Crippen LogP contribution in [0.3, 0.4) is 0 Å². The maximum atomic E-state index is 11.9. The molecule has 0 N–H and O–H groups in total. The average molecular weight is 369 g/mol. The van der Waals surface area contributed by atoms with E-state index >= 15 is 0 Å². The fourth-order valence-electron chi connectivity index (χ4n) is 2.46. The Morgan fingerprint density at radius 1 is 0.909 bits per heavy atom. The van der Waals surface area contributed by atoms with Crippen molar-refractivity contribution in [3.63, 3.8) is 0 Å². The minimum Gasteiger partial charge on any atom is -0.462 e. The van der Waals surface area contributed by atoms with Gasteiger partial charge in [-0.25, -0.2) is 4.79 Å². The molecule has 0 unspecified atom stereocenters. The van der Waals surface area contributed by atoms with E-state index in [0.29, 0.717) is 12.2 Å². The smallest absolute Gasteiger partial charge is 0.339 e. The van der Waals surface area contributed by atoms with Crippen molar-refractivity contribution in [2.24, 2.45) is 0 Å². The standard InChI is InChI=1S/C19H29BrO2/c1-2-3-4-5-6-7-8-9-10-13-16-22-19(21)17-14-11-12-15-18(17)20/h11-12,14-15H,2-10,13,16H2,1H3. The van der Waals surface area contributed by atoms with E-state index in [2.05, 4.69) is 22.9 Å². The highest BCUT2D eigenvalue weighted by Gasteiger charge is 2.09. The fourth-order valence-corrected chi connectivity index (χ4v) is 2.91. The van der Waals surface area contributed by atoms with Gasteiger partial charge in [0.2, 0.25) is 0 Å². The molecule has 124 valence electrons. The Morgan fingerprint density at radius 3 is 2.05 bits per heavy atom. The van der Waals surface area contributed by atoms with Crippen LogP contribution in [0.2, 0.25) is 0 Å². The fraction of sp³-hybridized carbons (Fsp3) is 0.632. The first kappa shape index (κ1) is 19.2. The molecule has 0 saturated heterocycles. The van der Waals surface area contributed by atoms with Crippen LogP contribution < -0.4 is 0 Å². The molecule has 1 rings (SSSR count). The number of rotatable bonds is 12. The van der Waals surface area contributed by atoms with Gasteiger partial charge in [-0.15, -0.1) is 0 Å². The van der Waals surface area contributed by atoms with E-state index < -0.39 is 0 Å². The predicted octanol–water partition coefficient (Wildman–Crippen LogP) is 6.53. The second-order valence-electron chi connectivity index (χ2n) is 5.80. The molecule has 1 aromatic carbocycles. The lowest BCUT2D eigenvalue weighted by Gasteiger charge is -2.06. The molecule has 1 aromatic rings. The molecule has 0 aliphatic heterocycles. The third-order valence-electron chi connectivity index (χ3n) is 3.82. The van der Waals surface area contributed by atoms with Gasteiger partial charge in [-0.1, -0.05) is 76.8 Å². The molecule has 0 heterocycles. The van der Waals surface area contributed by atoms with E-state index in [4.69, 9.17) is 4.74 Å². The lowest BCUT2D eigenvalue weighted by molar-refractivity contribution is 0.0496. The van der Waals surface area contributed by atoms with Crippen LogP contribution in [0.1, 0.15) is 81.5 Å². The molecule has 0 aliphatic carbocycles. The van der Waals surface area contributed by atoms with Gasteiger partial charge < -0.3 is 4.74 Å². The van der Waals surface area contributed by atoms with Crippen LogP contribution in [-0.4, -0.2) is 12.6 Å². The highest BCUT2D eigenvalue weighted by molar-refractivity contribution is 9.10. The van der Waals surface area contributed by atoms with E-state index in [1.54, 1.807) is 6.07 Å². The van der Waals surface area contributed by atoms with Crippen molar-refractivity contribution in [2.75, 3.05) is 6.61 Å². The summed E-state index contributed by atoms with van der Waals surface area (Å²) in [5, 5.41) is 0. The SMILES string of the molecule is CCCCCCCCCCCCOC(=O)c1ccccc1Br. The number of carbonyl (C=O) groups excluding carboxylic acids is 1. The zero-order valence-corrected chi connectivity index (χ0v) is 15.4. The van der Waals surface area contributed by atoms with Crippen LogP contribution in [0, 0.1) is 0 Å². The molecule has 3 heteroatoms. The number of benzene rings is 1. The van der Waals surface area contributed by atoms with Crippen LogP contribution in [0.4, 0.5) is 0 Å². The van der Waals surface area contributed by atoms with Crippen LogP contribution in [0.25, 0.3) is 0 Å². The third-order valence-corrected chi connectivity index (χ3v) is 4.52. The Morgan fingerprint density at radius 2 is 1.45 bits per heavy atom. The largest absolute Gasteiger partial charge is 0.462 e. The number of hydrogen-bond acceptors (Lipinski definition) is 2. The molecule has 0 fully saturated rings. The van der Waals surface area contributed by atoms with Crippen LogP contribution >= 0.6 is 15.9 Å². The number of carbonyl (C=O) groups is 1. The molecule has 0 spiro atoms. The van der Waals surface area contributed by atoms with E-state index in [1.165, 1.54) is 51.4 Å². The summed E-state index contributed by atoms with van der Waals surface area (Å²) in [6.45, 7) is 2.78. The molecule has 0 bridgehead atoms. The maximum absolute atomic E-state index is 11.9.